The van der Waals surface area contributed by atoms with E-state index in [1.54, 1.807) is 12.1 Å². The van der Waals surface area contributed by atoms with E-state index in [0.29, 0.717) is 18.7 Å². The quantitative estimate of drug-likeness (QED) is 0.899. The Bertz CT molecular complexity index is 618. The van der Waals surface area contributed by atoms with Crippen LogP contribution in [0.4, 0.5) is 8.78 Å². The lowest BCUT2D eigenvalue weighted by atomic mass is 10.1. The first kappa shape index (κ1) is 14.2. The Morgan fingerprint density at radius 2 is 1.65 bits per heavy atom. The minimum absolute atomic E-state index is 0.0378. The number of hydrogen-bond acceptors (Lipinski definition) is 2. The van der Waals surface area contributed by atoms with Crippen LogP contribution in [0.3, 0.4) is 0 Å². The molecule has 0 fully saturated rings. The van der Waals surface area contributed by atoms with E-state index in [1.165, 1.54) is 12.1 Å². The lowest BCUT2D eigenvalue weighted by Gasteiger charge is -2.07. The van der Waals surface area contributed by atoms with E-state index in [-0.39, 0.29) is 5.56 Å². The van der Waals surface area contributed by atoms with E-state index in [9.17, 15) is 8.78 Å². The Balaban J connectivity index is 1.92. The minimum atomic E-state index is -2.44. The summed E-state index contributed by atoms with van der Waals surface area (Å²) in [5, 5.41) is 12.0. The molecule has 0 aromatic heterocycles. The molecule has 0 unspecified atom stereocenters. The number of hydrogen-bond donors (Lipinski definition) is 1. The van der Waals surface area contributed by atoms with Crippen LogP contribution in [0.25, 0.3) is 0 Å². The first-order valence-corrected chi connectivity index (χ1v) is 6.26. The zero-order chi connectivity index (χ0) is 14.4. The molecule has 0 atom stereocenters. The minimum Gasteiger partial charge on any atom is -0.309 e. The van der Waals surface area contributed by atoms with E-state index in [0.717, 1.165) is 11.1 Å². The molecule has 0 heterocycles. The average molecular weight is 272 g/mol. The molecule has 0 saturated heterocycles. The smallest absolute Gasteiger partial charge is 0.263 e. The van der Waals surface area contributed by atoms with Gasteiger partial charge in [0.1, 0.15) is 0 Å². The Morgan fingerprint density at radius 3 is 2.30 bits per heavy atom. The van der Waals surface area contributed by atoms with Gasteiger partial charge in [-0.15, -0.1) is 0 Å². The van der Waals surface area contributed by atoms with Gasteiger partial charge in [0.05, 0.1) is 11.6 Å². The molecular weight excluding hydrogens is 258 g/mol. The zero-order valence-electron chi connectivity index (χ0n) is 10.8. The topological polar surface area (TPSA) is 35.8 Å². The van der Waals surface area contributed by atoms with E-state index in [4.69, 9.17) is 5.26 Å². The molecule has 0 aliphatic rings. The standard InChI is InChI=1S/C16H14F2N2/c17-16(18)15-6-2-5-14(8-15)11-20-10-13-4-1-3-12(7-13)9-19/h1-8,16,20H,10-11H2. The normalized spacial score (nSPS) is 10.5. The fraction of sp³-hybridized carbons (Fsp3) is 0.188. The van der Waals surface area contributed by atoms with E-state index >= 15 is 0 Å². The van der Waals surface area contributed by atoms with Gasteiger partial charge < -0.3 is 5.32 Å². The molecule has 2 aromatic carbocycles. The number of nitrogens with one attached hydrogen (secondary N) is 1. The summed E-state index contributed by atoms with van der Waals surface area (Å²) >= 11 is 0. The van der Waals surface area contributed by atoms with Gasteiger partial charge in [-0.1, -0.05) is 30.3 Å². The summed E-state index contributed by atoms with van der Waals surface area (Å²) in [6, 6.07) is 15.8. The second-order valence-electron chi connectivity index (χ2n) is 4.46. The fourth-order valence-electron chi connectivity index (χ4n) is 1.94. The Morgan fingerprint density at radius 1 is 1.00 bits per heavy atom. The number of nitrogens with zero attached hydrogens (tertiary/aromatic N) is 1. The van der Waals surface area contributed by atoms with Gasteiger partial charge in [0.25, 0.3) is 6.43 Å². The molecule has 0 radical (unpaired) electrons. The molecule has 2 rings (SSSR count). The van der Waals surface area contributed by atoms with Gasteiger partial charge in [0.2, 0.25) is 0 Å². The lowest BCUT2D eigenvalue weighted by Crippen LogP contribution is -2.12. The van der Waals surface area contributed by atoms with Crippen LogP contribution in [0.2, 0.25) is 0 Å². The average Bonchev–Trinajstić information content (AvgIpc) is 2.48. The predicted molar refractivity (Wildman–Crippen MR) is 73.1 cm³/mol. The van der Waals surface area contributed by atoms with Gasteiger partial charge in [-0.2, -0.15) is 5.26 Å². The monoisotopic (exact) mass is 272 g/mol. The molecule has 0 aliphatic heterocycles. The summed E-state index contributed by atoms with van der Waals surface area (Å²) in [5.74, 6) is 0. The predicted octanol–water partition coefficient (Wildman–Crippen LogP) is 3.79. The molecule has 4 heteroatoms. The second-order valence-corrected chi connectivity index (χ2v) is 4.46. The van der Waals surface area contributed by atoms with Gasteiger partial charge in [0, 0.05) is 18.7 Å². The van der Waals surface area contributed by atoms with Crippen LogP contribution >= 0.6 is 0 Å². The van der Waals surface area contributed by atoms with Crippen molar-refractivity contribution in [2.24, 2.45) is 0 Å². The van der Waals surface area contributed by atoms with E-state index in [1.807, 2.05) is 24.3 Å². The first-order valence-electron chi connectivity index (χ1n) is 6.26. The van der Waals surface area contributed by atoms with Gasteiger partial charge >= 0.3 is 0 Å². The van der Waals surface area contributed by atoms with Crippen molar-refractivity contribution in [1.29, 1.82) is 5.26 Å². The van der Waals surface area contributed by atoms with Crippen molar-refractivity contribution in [3.8, 4) is 6.07 Å². The maximum atomic E-state index is 12.6. The van der Waals surface area contributed by atoms with Crippen LogP contribution in [0.15, 0.2) is 48.5 Å². The molecule has 102 valence electrons. The van der Waals surface area contributed by atoms with E-state index in [2.05, 4.69) is 11.4 Å². The highest BCUT2D eigenvalue weighted by atomic mass is 19.3. The summed E-state index contributed by atoms with van der Waals surface area (Å²) in [6.45, 7) is 1.10. The highest BCUT2D eigenvalue weighted by Gasteiger charge is 2.06. The van der Waals surface area contributed by atoms with Crippen LogP contribution in [0.5, 0.6) is 0 Å². The largest absolute Gasteiger partial charge is 0.309 e. The fourth-order valence-corrected chi connectivity index (χ4v) is 1.94. The molecule has 0 amide bonds. The van der Waals surface area contributed by atoms with Gasteiger partial charge in [-0.25, -0.2) is 8.78 Å². The molecule has 0 bridgehead atoms. The van der Waals surface area contributed by atoms with Gasteiger partial charge in [-0.3, -0.25) is 0 Å². The molecule has 0 spiro atoms. The van der Waals surface area contributed by atoms with E-state index < -0.39 is 6.43 Å². The summed E-state index contributed by atoms with van der Waals surface area (Å²) in [5.41, 5.74) is 2.47. The summed E-state index contributed by atoms with van der Waals surface area (Å²) in [7, 11) is 0. The third-order valence-electron chi connectivity index (χ3n) is 2.92. The third kappa shape index (κ3) is 3.87. The number of alkyl halides is 2. The number of benzene rings is 2. The van der Waals surface area contributed by atoms with Crippen LogP contribution in [0.1, 0.15) is 28.7 Å². The number of halogens is 2. The van der Waals surface area contributed by atoms with Crippen molar-refractivity contribution in [2.45, 2.75) is 19.5 Å². The molecule has 2 aromatic rings. The van der Waals surface area contributed by atoms with Gasteiger partial charge in [-0.05, 0) is 29.3 Å². The maximum absolute atomic E-state index is 12.6. The number of rotatable bonds is 5. The molecule has 0 aliphatic carbocycles. The van der Waals surface area contributed by atoms with Crippen molar-refractivity contribution in [2.75, 3.05) is 0 Å². The second kappa shape index (κ2) is 6.78. The maximum Gasteiger partial charge on any atom is 0.263 e. The van der Waals surface area contributed by atoms with Crippen molar-refractivity contribution in [3.63, 3.8) is 0 Å². The van der Waals surface area contributed by atoms with Crippen molar-refractivity contribution in [3.05, 3.63) is 70.8 Å². The van der Waals surface area contributed by atoms with Crippen molar-refractivity contribution < 1.29 is 8.78 Å². The Labute approximate surface area is 116 Å². The SMILES string of the molecule is N#Cc1cccc(CNCc2cccc(C(F)F)c2)c1. The van der Waals surface area contributed by atoms with Crippen LogP contribution in [-0.4, -0.2) is 0 Å². The molecule has 2 nitrogen and oxygen atoms in total. The third-order valence-corrected chi connectivity index (χ3v) is 2.92. The zero-order valence-corrected chi connectivity index (χ0v) is 10.8. The highest BCUT2D eigenvalue weighted by molar-refractivity contribution is 5.32. The van der Waals surface area contributed by atoms with Crippen LogP contribution < -0.4 is 5.32 Å². The van der Waals surface area contributed by atoms with Crippen molar-refractivity contribution >= 4 is 0 Å². The molecule has 20 heavy (non-hydrogen) atoms. The number of nitriles is 1. The van der Waals surface area contributed by atoms with Gasteiger partial charge in [0.15, 0.2) is 0 Å². The lowest BCUT2D eigenvalue weighted by molar-refractivity contribution is 0.151. The highest BCUT2D eigenvalue weighted by Crippen LogP contribution is 2.19. The molecule has 0 saturated carbocycles. The first-order chi connectivity index (χ1) is 9.69. The Kier molecular flexibility index (Phi) is 4.80. The van der Waals surface area contributed by atoms with Crippen molar-refractivity contribution in [1.82, 2.24) is 5.32 Å². The van der Waals surface area contributed by atoms with Crippen LogP contribution in [-0.2, 0) is 13.1 Å². The summed E-state index contributed by atoms with van der Waals surface area (Å²) < 4.78 is 25.1. The molecular formula is C16H14F2N2. The van der Waals surface area contributed by atoms with Crippen LogP contribution in [0, 0.1) is 11.3 Å². The summed E-state index contributed by atoms with van der Waals surface area (Å²) in [6.07, 6.45) is -2.44. The Hall–Kier alpha value is -2.25. The summed E-state index contributed by atoms with van der Waals surface area (Å²) in [4.78, 5) is 0. The molecule has 1 N–H and O–H groups in total.